The van der Waals surface area contributed by atoms with Gasteiger partial charge in [-0.25, -0.2) is 17.5 Å². The largest absolute Gasteiger partial charge is 0.294 e. The number of carbonyl (C=O) groups excluding carboxylic acids is 1. The second-order valence-corrected chi connectivity index (χ2v) is 5.19. The maximum atomic E-state index is 13.3. The van der Waals surface area contributed by atoms with Crippen LogP contribution in [0.25, 0.3) is 0 Å². The second kappa shape index (κ2) is 5.37. The molecule has 0 spiro atoms. The van der Waals surface area contributed by atoms with Gasteiger partial charge < -0.3 is 0 Å². The number of rotatable bonds is 5. The highest BCUT2D eigenvalue weighted by atomic mass is 32.2. The van der Waals surface area contributed by atoms with Crippen LogP contribution in [0.3, 0.4) is 0 Å². The maximum Gasteiger partial charge on any atom is 0.240 e. The molecule has 6 heteroatoms. The van der Waals surface area contributed by atoms with Gasteiger partial charge in [-0.1, -0.05) is 13.8 Å². The zero-order valence-corrected chi connectivity index (χ0v) is 10.5. The van der Waals surface area contributed by atoms with Gasteiger partial charge in [-0.05, 0) is 18.2 Å². The van der Waals surface area contributed by atoms with Crippen LogP contribution in [0.1, 0.15) is 30.6 Å². The molecule has 0 heterocycles. The molecule has 0 unspecified atom stereocenters. The Morgan fingerprint density at radius 1 is 1.35 bits per heavy atom. The Labute approximate surface area is 99.9 Å². The monoisotopic (exact) mass is 259 g/mol. The molecule has 4 nitrogen and oxygen atoms in total. The summed E-state index contributed by atoms with van der Waals surface area (Å²) in [5, 5.41) is 0. The Morgan fingerprint density at radius 2 is 2.00 bits per heavy atom. The fourth-order valence-electron chi connectivity index (χ4n) is 1.35. The van der Waals surface area contributed by atoms with Crippen LogP contribution < -0.4 is 4.72 Å². The molecule has 1 aromatic rings. The predicted molar refractivity (Wildman–Crippen MR) is 61.9 cm³/mol. The molecule has 0 aliphatic rings. The summed E-state index contributed by atoms with van der Waals surface area (Å²) < 4.78 is 38.9. The first kappa shape index (κ1) is 13.8. The van der Waals surface area contributed by atoms with Crippen molar-refractivity contribution in [1.29, 1.82) is 0 Å². The van der Waals surface area contributed by atoms with Gasteiger partial charge in [0.15, 0.2) is 5.78 Å². The van der Waals surface area contributed by atoms with Crippen LogP contribution in [-0.2, 0) is 10.0 Å². The molecule has 0 aliphatic heterocycles. The quantitative estimate of drug-likeness (QED) is 0.819. The van der Waals surface area contributed by atoms with Crippen LogP contribution in [0.15, 0.2) is 23.1 Å². The highest BCUT2D eigenvalue weighted by Crippen LogP contribution is 2.16. The molecule has 0 saturated heterocycles. The van der Waals surface area contributed by atoms with E-state index in [1.165, 1.54) is 0 Å². The fraction of sp³-hybridized carbons (Fsp3) is 0.364. The molecule has 0 amide bonds. The number of nitrogens with one attached hydrogen (secondary N) is 1. The van der Waals surface area contributed by atoms with Gasteiger partial charge >= 0.3 is 0 Å². The average molecular weight is 259 g/mol. The summed E-state index contributed by atoms with van der Waals surface area (Å²) in [6.07, 6.45) is 0.127. The van der Waals surface area contributed by atoms with Crippen molar-refractivity contribution in [2.75, 3.05) is 6.54 Å². The van der Waals surface area contributed by atoms with E-state index >= 15 is 0 Å². The molecule has 0 saturated carbocycles. The van der Waals surface area contributed by atoms with Gasteiger partial charge in [0, 0.05) is 13.0 Å². The number of Topliss-reactive ketones (excluding diaryl/α,β-unsaturated/α-hetero) is 1. The zero-order valence-electron chi connectivity index (χ0n) is 9.66. The van der Waals surface area contributed by atoms with E-state index in [0.29, 0.717) is 0 Å². The van der Waals surface area contributed by atoms with Crippen molar-refractivity contribution < 1.29 is 17.6 Å². The molecule has 1 N–H and O–H groups in total. The molecule has 0 atom stereocenters. The molecule has 0 aliphatic carbocycles. The summed E-state index contributed by atoms with van der Waals surface area (Å²) >= 11 is 0. The Bertz CT molecular complexity index is 526. The summed E-state index contributed by atoms with van der Waals surface area (Å²) in [5.41, 5.74) is -0.188. The first-order valence-electron chi connectivity index (χ1n) is 5.24. The van der Waals surface area contributed by atoms with Gasteiger partial charge in [-0.15, -0.1) is 0 Å². The van der Waals surface area contributed by atoms with Gasteiger partial charge in [0.05, 0.1) is 10.5 Å². The van der Waals surface area contributed by atoms with E-state index in [-0.39, 0.29) is 23.4 Å². The van der Waals surface area contributed by atoms with E-state index in [2.05, 4.69) is 4.72 Å². The summed E-state index contributed by atoms with van der Waals surface area (Å²) in [5.74, 6) is -1.12. The molecule has 1 aromatic carbocycles. The lowest BCUT2D eigenvalue weighted by molar-refractivity contribution is 0.0984. The summed E-state index contributed by atoms with van der Waals surface area (Å²) in [6.45, 7) is 3.46. The van der Waals surface area contributed by atoms with E-state index in [0.717, 1.165) is 18.2 Å². The van der Waals surface area contributed by atoms with Crippen molar-refractivity contribution >= 4 is 15.8 Å². The minimum Gasteiger partial charge on any atom is -0.294 e. The van der Waals surface area contributed by atoms with Gasteiger partial charge in [-0.2, -0.15) is 0 Å². The van der Waals surface area contributed by atoms with Crippen LogP contribution in [0, 0.1) is 5.82 Å². The molecule has 0 aromatic heterocycles. The van der Waals surface area contributed by atoms with Crippen LogP contribution in [-0.4, -0.2) is 20.7 Å². The second-order valence-electron chi connectivity index (χ2n) is 3.42. The number of hydrogen-bond acceptors (Lipinski definition) is 3. The molecule has 94 valence electrons. The van der Waals surface area contributed by atoms with Crippen molar-refractivity contribution in [2.24, 2.45) is 0 Å². The lowest BCUT2D eigenvalue weighted by atomic mass is 10.1. The van der Waals surface area contributed by atoms with Crippen LogP contribution in [0.2, 0.25) is 0 Å². The van der Waals surface area contributed by atoms with Crippen molar-refractivity contribution in [3.63, 3.8) is 0 Å². The maximum absolute atomic E-state index is 13.3. The van der Waals surface area contributed by atoms with Gasteiger partial charge in [0.2, 0.25) is 10.0 Å². The molecular weight excluding hydrogens is 245 g/mol. The van der Waals surface area contributed by atoms with E-state index in [9.17, 15) is 17.6 Å². The third kappa shape index (κ3) is 3.10. The third-order valence-electron chi connectivity index (χ3n) is 2.20. The molecular formula is C11H14FNO3S. The lowest BCUT2D eigenvalue weighted by Crippen LogP contribution is -2.23. The summed E-state index contributed by atoms with van der Waals surface area (Å²) in [7, 11) is -3.66. The Hall–Kier alpha value is -1.27. The summed E-state index contributed by atoms with van der Waals surface area (Å²) in [6, 6.07) is 3.20. The smallest absolute Gasteiger partial charge is 0.240 e. The number of hydrogen-bond donors (Lipinski definition) is 1. The fourth-order valence-corrected chi connectivity index (χ4v) is 2.42. The number of carbonyl (C=O) groups is 1. The number of benzene rings is 1. The highest BCUT2D eigenvalue weighted by Gasteiger charge is 2.17. The number of sulfonamides is 1. The van der Waals surface area contributed by atoms with Crippen LogP contribution in [0.4, 0.5) is 4.39 Å². The van der Waals surface area contributed by atoms with Crippen LogP contribution in [0.5, 0.6) is 0 Å². The Kier molecular flexibility index (Phi) is 4.36. The SMILES string of the molecule is CCNS(=O)(=O)c1ccc(F)c(C(=O)CC)c1. The first-order chi connectivity index (χ1) is 7.92. The van der Waals surface area contributed by atoms with E-state index in [1.54, 1.807) is 13.8 Å². The Balaban J connectivity index is 3.26. The molecule has 1 rings (SSSR count). The minimum absolute atomic E-state index is 0.0995. The third-order valence-corrected chi connectivity index (χ3v) is 3.75. The molecule has 0 radical (unpaired) electrons. The molecule has 17 heavy (non-hydrogen) atoms. The van der Waals surface area contributed by atoms with E-state index in [1.807, 2.05) is 0 Å². The Morgan fingerprint density at radius 3 is 2.53 bits per heavy atom. The van der Waals surface area contributed by atoms with E-state index in [4.69, 9.17) is 0 Å². The number of ketones is 1. The molecule has 0 fully saturated rings. The predicted octanol–water partition coefficient (Wildman–Crippen LogP) is 1.72. The van der Waals surface area contributed by atoms with Gasteiger partial charge in [0.25, 0.3) is 0 Å². The van der Waals surface area contributed by atoms with Crippen molar-refractivity contribution in [1.82, 2.24) is 4.72 Å². The van der Waals surface area contributed by atoms with Crippen molar-refractivity contribution in [3.8, 4) is 0 Å². The highest BCUT2D eigenvalue weighted by molar-refractivity contribution is 7.89. The average Bonchev–Trinajstić information content (AvgIpc) is 2.28. The summed E-state index contributed by atoms with van der Waals surface area (Å²) in [4.78, 5) is 11.3. The van der Waals surface area contributed by atoms with E-state index < -0.39 is 21.6 Å². The normalized spacial score (nSPS) is 11.5. The topological polar surface area (TPSA) is 63.2 Å². The zero-order chi connectivity index (χ0) is 13.1. The van der Waals surface area contributed by atoms with Crippen LogP contribution >= 0.6 is 0 Å². The first-order valence-corrected chi connectivity index (χ1v) is 6.73. The van der Waals surface area contributed by atoms with Crippen molar-refractivity contribution in [3.05, 3.63) is 29.6 Å². The lowest BCUT2D eigenvalue weighted by Gasteiger charge is -2.07. The van der Waals surface area contributed by atoms with Crippen molar-refractivity contribution in [2.45, 2.75) is 25.2 Å². The van der Waals surface area contributed by atoms with Gasteiger partial charge in [0.1, 0.15) is 5.82 Å². The molecule has 0 bridgehead atoms. The van der Waals surface area contributed by atoms with Gasteiger partial charge in [-0.3, -0.25) is 4.79 Å². The standard InChI is InChI=1S/C11H14FNO3S/c1-3-11(14)9-7-8(5-6-10(9)12)17(15,16)13-4-2/h5-7,13H,3-4H2,1-2H3. The minimum atomic E-state index is -3.66. The number of halogens is 1.